The minimum Gasteiger partial charge on any atom is -0.321 e. The molecule has 26 heavy (non-hydrogen) atoms. The van der Waals surface area contributed by atoms with Gasteiger partial charge in [0.15, 0.2) is 5.69 Å². The van der Waals surface area contributed by atoms with E-state index >= 15 is 0 Å². The number of hydrogen-bond acceptors (Lipinski definition) is 3. The Kier molecular flexibility index (Phi) is 4.74. The van der Waals surface area contributed by atoms with Crippen molar-refractivity contribution < 1.29 is 18.4 Å². The van der Waals surface area contributed by atoms with Crippen molar-refractivity contribution in [2.45, 2.75) is 0 Å². The molecular weight excluding hydrogens is 342 g/mol. The Bertz CT molecular complexity index is 950. The van der Waals surface area contributed by atoms with E-state index in [-0.39, 0.29) is 11.4 Å². The number of rotatable bonds is 4. The largest absolute Gasteiger partial charge is 0.321 e. The molecule has 0 fully saturated rings. The minimum absolute atomic E-state index is 0.0288. The molecule has 0 atom stereocenters. The first kappa shape index (κ1) is 17.3. The fourth-order valence-corrected chi connectivity index (χ4v) is 2.25. The number of nitrogens with one attached hydrogen (secondary N) is 2. The maximum Gasteiger partial charge on any atom is 0.276 e. The Morgan fingerprint density at radius 2 is 1.31 bits per heavy atom. The minimum atomic E-state index is -0.534. The molecule has 8 heteroatoms. The number of nitrogens with zero attached hydrogens (tertiary/aromatic N) is 2. The first-order valence-corrected chi connectivity index (χ1v) is 7.60. The Labute approximate surface area is 147 Å². The van der Waals surface area contributed by atoms with Gasteiger partial charge >= 0.3 is 0 Å². The van der Waals surface area contributed by atoms with Crippen molar-refractivity contribution in [3.05, 3.63) is 77.6 Å². The van der Waals surface area contributed by atoms with Crippen LogP contribution in [0.1, 0.15) is 21.0 Å². The average Bonchev–Trinajstić information content (AvgIpc) is 3.01. The van der Waals surface area contributed by atoms with Crippen molar-refractivity contribution in [1.82, 2.24) is 9.78 Å². The predicted molar refractivity (Wildman–Crippen MR) is 91.9 cm³/mol. The molecule has 0 saturated heterocycles. The molecule has 3 rings (SSSR count). The lowest BCUT2D eigenvalue weighted by atomic mass is 10.2. The highest BCUT2D eigenvalue weighted by Gasteiger charge is 2.18. The number of aryl methyl sites for hydroxylation is 1. The smallest absolute Gasteiger partial charge is 0.276 e. The van der Waals surface area contributed by atoms with E-state index in [9.17, 15) is 18.4 Å². The number of carbonyl (C=O) groups is 2. The number of aromatic nitrogens is 2. The summed E-state index contributed by atoms with van der Waals surface area (Å²) in [6, 6.07) is 11.9. The highest BCUT2D eigenvalue weighted by Crippen LogP contribution is 2.13. The Hall–Kier alpha value is -3.55. The summed E-state index contributed by atoms with van der Waals surface area (Å²) in [4.78, 5) is 24.5. The monoisotopic (exact) mass is 356 g/mol. The number of hydrogen-bond donors (Lipinski definition) is 2. The summed E-state index contributed by atoms with van der Waals surface area (Å²) in [5, 5.41) is 9.17. The van der Waals surface area contributed by atoms with Crippen molar-refractivity contribution >= 4 is 23.2 Å². The van der Waals surface area contributed by atoms with Crippen molar-refractivity contribution in [3.63, 3.8) is 0 Å². The van der Waals surface area contributed by atoms with Crippen molar-refractivity contribution in [2.24, 2.45) is 7.05 Å². The second kappa shape index (κ2) is 7.14. The highest BCUT2D eigenvalue weighted by molar-refractivity contribution is 6.07. The maximum absolute atomic E-state index is 12.9. The molecule has 132 valence electrons. The SMILES string of the molecule is Cn1nc(C(=O)Nc2ccc(F)cc2)cc1C(=O)Nc1ccc(F)cc1. The van der Waals surface area contributed by atoms with Gasteiger partial charge in [-0.3, -0.25) is 14.3 Å². The van der Waals surface area contributed by atoms with Gasteiger partial charge in [-0.15, -0.1) is 0 Å². The summed E-state index contributed by atoms with van der Waals surface area (Å²) in [6.45, 7) is 0. The van der Waals surface area contributed by atoms with Crippen LogP contribution in [0.15, 0.2) is 54.6 Å². The van der Waals surface area contributed by atoms with E-state index in [0.717, 1.165) is 0 Å². The fraction of sp³-hybridized carbons (Fsp3) is 0.0556. The van der Waals surface area contributed by atoms with E-state index in [2.05, 4.69) is 15.7 Å². The van der Waals surface area contributed by atoms with Gasteiger partial charge in [-0.2, -0.15) is 5.10 Å². The van der Waals surface area contributed by atoms with E-state index in [0.29, 0.717) is 11.4 Å². The molecule has 6 nitrogen and oxygen atoms in total. The molecule has 0 aliphatic heterocycles. The van der Waals surface area contributed by atoms with Crippen LogP contribution in [0.4, 0.5) is 20.2 Å². The zero-order chi connectivity index (χ0) is 18.7. The van der Waals surface area contributed by atoms with Crippen LogP contribution in [0.3, 0.4) is 0 Å². The van der Waals surface area contributed by atoms with E-state index in [1.165, 1.54) is 66.3 Å². The van der Waals surface area contributed by atoms with Gasteiger partial charge in [0.1, 0.15) is 17.3 Å². The fourth-order valence-electron chi connectivity index (χ4n) is 2.25. The first-order valence-electron chi connectivity index (χ1n) is 7.60. The standard InChI is InChI=1S/C18H14F2N4O2/c1-24-16(18(26)22-14-8-4-12(20)5-9-14)10-15(23-24)17(25)21-13-6-2-11(19)3-7-13/h2-10H,1H3,(H,21,25)(H,22,26). The van der Waals surface area contributed by atoms with Gasteiger partial charge in [-0.05, 0) is 48.5 Å². The van der Waals surface area contributed by atoms with Crippen LogP contribution in [0.2, 0.25) is 0 Å². The van der Waals surface area contributed by atoms with Crippen molar-refractivity contribution in [2.75, 3.05) is 10.6 Å². The normalized spacial score (nSPS) is 10.4. The van der Waals surface area contributed by atoms with Crippen molar-refractivity contribution in [1.29, 1.82) is 0 Å². The Morgan fingerprint density at radius 1 is 0.846 bits per heavy atom. The summed E-state index contributed by atoms with van der Waals surface area (Å²) in [5.41, 5.74) is 0.994. The van der Waals surface area contributed by atoms with Crippen LogP contribution < -0.4 is 10.6 Å². The maximum atomic E-state index is 12.9. The van der Waals surface area contributed by atoms with Gasteiger partial charge in [-0.25, -0.2) is 8.78 Å². The predicted octanol–water partition coefficient (Wildman–Crippen LogP) is 3.20. The van der Waals surface area contributed by atoms with Crippen LogP contribution in [0.25, 0.3) is 0 Å². The second-order valence-corrected chi connectivity index (χ2v) is 5.46. The van der Waals surface area contributed by atoms with E-state index in [4.69, 9.17) is 0 Å². The van der Waals surface area contributed by atoms with E-state index in [1.54, 1.807) is 0 Å². The summed E-state index contributed by atoms with van der Waals surface area (Å²) in [7, 11) is 1.52. The van der Waals surface area contributed by atoms with Crippen LogP contribution >= 0.6 is 0 Å². The van der Waals surface area contributed by atoms with Crippen LogP contribution in [-0.4, -0.2) is 21.6 Å². The number of halogens is 2. The van der Waals surface area contributed by atoms with Gasteiger partial charge in [0.25, 0.3) is 11.8 Å². The third-order valence-electron chi connectivity index (χ3n) is 3.55. The lowest BCUT2D eigenvalue weighted by molar-refractivity contribution is 0.101. The lowest BCUT2D eigenvalue weighted by Crippen LogP contribution is -2.15. The molecule has 0 radical (unpaired) electrons. The molecule has 0 aliphatic carbocycles. The molecule has 0 aliphatic rings. The zero-order valence-corrected chi connectivity index (χ0v) is 13.7. The molecule has 2 amide bonds. The van der Waals surface area contributed by atoms with E-state index in [1.807, 2.05) is 0 Å². The molecule has 1 aromatic heterocycles. The number of carbonyl (C=O) groups excluding carboxylic acids is 2. The molecule has 0 spiro atoms. The topological polar surface area (TPSA) is 76.0 Å². The average molecular weight is 356 g/mol. The van der Waals surface area contributed by atoms with E-state index < -0.39 is 23.4 Å². The summed E-state index contributed by atoms with van der Waals surface area (Å²) >= 11 is 0. The van der Waals surface area contributed by atoms with Crippen LogP contribution in [0, 0.1) is 11.6 Å². The molecule has 0 unspecified atom stereocenters. The van der Waals surface area contributed by atoms with Crippen molar-refractivity contribution in [3.8, 4) is 0 Å². The third kappa shape index (κ3) is 3.92. The van der Waals surface area contributed by atoms with Gasteiger partial charge < -0.3 is 10.6 Å². The zero-order valence-electron chi connectivity index (χ0n) is 13.7. The molecule has 0 saturated carbocycles. The summed E-state index contributed by atoms with van der Waals surface area (Å²) in [6.07, 6.45) is 0. The van der Waals surface area contributed by atoms with Gasteiger partial charge in [0.05, 0.1) is 0 Å². The van der Waals surface area contributed by atoms with Crippen LogP contribution in [0.5, 0.6) is 0 Å². The quantitative estimate of drug-likeness (QED) is 0.754. The van der Waals surface area contributed by atoms with Gasteiger partial charge in [0, 0.05) is 24.5 Å². The molecule has 0 bridgehead atoms. The first-order chi connectivity index (χ1) is 12.4. The Morgan fingerprint density at radius 3 is 1.81 bits per heavy atom. The number of anilines is 2. The van der Waals surface area contributed by atoms with Crippen LogP contribution in [-0.2, 0) is 7.05 Å². The van der Waals surface area contributed by atoms with Gasteiger partial charge in [0.2, 0.25) is 0 Å². The molecule has 1 heterocycles. The molecule has 3 aromatic rings. The summed E-state index contributed by atoms with van der Waals surface area (Å²) in [5.74, 6) is -1.86. The third-order valence-corrected chi connectivity index (χ3v) is 3.55. The van der Waals surface area contributed by atoms with Gasteiger partial charge in [-0.1, -0.05) is 0 Å². The second-order valence-electron chi connectivity index (χ2n) is 5.46. The molecular formula is C18H14F2N4O2. The molecule has 2 aromatic carbocycles. The lowest BCUT2D eigenvalue weighted by Gasteiger charge is -2.04. The number of benzene rings is 2. The number of amides is 2. The summed E-state index contributed by atoms with van der Waals surface area (Å²) < 4.78 is 27.1. The Balaban J connectivity index is 1.73. The highest BCUT2D eigenvalue weighted by atomic mass is 19.1. The molecule has 2 N–H and O–H groups in total.